The van der Waals surface area contributed by atoms with E-state index in [1.165, 1.54) is 24.0 Å². The van der Waals surface area contributed by atoms with Crippen LogP contribution in [0.4, 0.5) is 5.00 Å². The van der Waals surface area contributed by atoms with Gasteiger partial charge in [-0.2, -0.15) is 0 Å². The fraction of sp³-hybridized carbons (Fsp3) is 0.333. The molecule has 4 nitrogen and oxygen atoms in total. The third-order valence-electron chi connectivity index (χ3n) is 3.96. The van der Waals surface area contributed by atoms with E-state index in [1.807, 2.05) is 45.9 Å². The second kappa shape index (κ2) is 6.96. The van der Waals surface area contributed by atoms with Gasteiger partial charge in [0, 0.05) is 4.88 Å². The minimum atomic E-state index is -0.423. The Labute approximate surface area is 140 Å². The second-order valence-corrected chi connectivity index (χ2v) is 6.85. The van der Waals surface area contributed by atoms with E-state index in [9.17, 15) is 9.59 Å². The molecule has 0 bridgehead atoms. The van der Waals surface area contributed by atoms with E-state index in [0.717, 1.165) is 21.6 Å². The lowest BCUT2D eigenvalue weighted by Gasteiger charge is -2.08. The van der Waals surface area contributed by atoms with Crippen molar-refractivity contribution in [1.82, 2.24) is 0 Å². The molecule has 0 fully saturated rings. The van der Waals surface area contributed by atoms with Crippen LogP contribution in [0.3, 0.4) is 0 Å². The highest BCUT2D eigenvalue weighted by atomic mass is 32.1. The van der Waals surface area contributed by atoms with Crippen LogP contribution in [-0.2, 0) is 16.0 Å². The van der Waals surface area contributed by atoms with Gasteiger partial charge in [-0.3, -0.25) is 4.79 Å². The summed E-state index contributed by atoms with van der Waals surface area (Å²) in [5.74, 6) is -0.562. The SMILES string of the molecule is COC(=O)c1c(NC(=O)Cc2ccc(C)c(C)c2)sc(C)c1C. The minimum Gasteiger partial charge on any atom is -0.465 e. The smallest absolute Gasteiger partial charge is 0.341 e. The van der Waals surface area contributed by atoms with E-state index >= 15 is 0 Å². The Morgan fingerprint density at radius 1 is 1.13 bits per heavy atom. The van der Waals surface area contributed by atoms with Crippen molar-refractivity contribution in [2.24, 2.45) is 0 Å². The fourth-order valence-electron chi connectivity index (χ4n) is 2.33. The van der Waals surface area contributed by atoms with Gasteiger partial charge in [-0.25, -0.2) is 4.79 Å². The molecule has 0 radical (unpaired) electrons. The number of methoxy groups -OCH3 is 1. The van der Waals surface area contributed by atoms with Crippen LogP contribution in [0.25, 0.3) is 0 Å². The number of hydrogen-bond acceptors (Lipinski definition) is 4. The van der Waals surface area contributed by atoms with Crippen LogP contribution < -0.4 is 5.32 Å². The van der Waals surface area contributed by atoms with Gasteiger partial charge in [0.25, 0.3) is 0 Å². The number of hydrogen-bond donors (Lipinski definition) is 1. The molecule has 0 aliphatic rings. The maximum Gasteiger partial charge on any atom is 0.341 e. The van der Waals surface area contributed by atoms with Crippen molar-refractivity contribution in [3.05, 3.63) is 50.9 Å². The molecule has 0 spiro atoms. The number of benzene rings is 1. The average molecular weight is 331 g/mol. The number of amides is 1. The lowest BCUT2D eigenvalue weighted by atomic mass is 10.0. The van der Waals surface area contributed by atoms with E-state index in [1.54, 1.807) is 0 Å². The molecule has 23 heavy (non-hydrogen) atoms. The molecule has 0 unspecified atom stereocenters. The van der Waals surface area contributed by atoms with Crippen LogP contribution >= 0.6 is 11.3 Å². The molecule has 0 saturated carbocycles. The molecule has 0 atom stereocenters. The van der Waals surface area contributed by atoms with Crippen molar-refractivity contribution in [3.63, 3.8) is 0 Å². The van der Waals surface area contributed by atoms with Gasteiger partial charge in [0.05, 0.1) is 19.1 Å². The fourth-order valence-corrected chi connectivity index (χ4v) is 3.40. The van der Waals surface area contributed by atoms with Crippen molar-refractivity contribution < 1.29 is 14.3 Å². The zero-order chi connectivity index (χ0) is 17.1. The molecule has 5 heteroatoms. The third kappa shape index (κ3) is 3.79. The van der Waals surface area contributed by atoms with Gasteiger partial charge in [0.1, 0.15) is 5.00 Å². The van der Waals surface area contributed by atoms with Crippen LogP contribution in [0.2, 0.25) is 0 Å². The Hall–Kier alpha value is -2.14. The molecule has 0 aliphatic heterocycles. The van der Waals surface area contributed by atoms with Crippen LogP contribution in [-0.4, -0.2) is 19.0 Å². The van der Waals surface area contributed by atoms with Gasteiger partial charge < -0.3 is 10.1 Å². The van der Waals surface area contributed by atoms with Gasteiger partial charge in [0.15, 0.2) is 0 Å². The monoisotopic (exact) mass is 331 g/mol. The minimum absolute atomic E-state index is 0.139. The van der Waals surface area contributed by atoms with Gasteiger partial charge in [-0.05, 0) is 49.9 Å². The number of nitrogens with one attached hydrogen (secondary N) is 1. The highest BCUT2D eigenvalue weighted by Crippen LogP contribution is 2.33. The summed E-state index contributed by atoms with van der Waals surface area (Å²) < 4.78 is 4.82. The quantitative estimate of drug-likeness (QED) is 0.863. The molecule has 0 aliphatic carbocycles. The topological polar surface area (TPSA) is 55.4 Å². The van der Waals surface area contributed by atoms with E-state index in [4.69, 9.17) is 4.74 Å². The molecular weight excluding hydrogens is 310 g/mol. The number of esters is 1. The third-order valence-corrected chi connectivity index (χ3v) is 5.09. The van der Waals surface area contributed by atoms with Crippen LogP contribution in [0.5, 0.6) is 0 Å². The summed E-state index contributed by atoms with van der Waals surface area (Å²) in [7, 11) is 1.34. The normalized spacial score (nSPS) is 10.5. The van der Waals surface area contributed by atoms with E-state index < -0.39 is 5.97 Å². The Morgan fingerprint density at radius 2 is 1.83 bits per heavy atom. The highest BCUT2D eigenvalue weighted by molar-refractivity contribution is 7.16. The Kier molecular flexibility index (Phi) is 5.21. The van der Waals surface area contributed by atoms with E-state index in [-0.39, 0.29) is 12.3 Å². The molecule has 1 aromatic carbocycles. The first kappa shape index (κ1) is 17.2. The molecule has 1 amide bonds. The first-order valence-corrected chi connectivity index (χ1v) is 8.19. The number of carbonyl (C=O) groups is 2. The maximum atomic E-state index is 12.3. The number of rotatable bonds is 4. The lowest BCUT2D eigenvalue weighted by molar-refractivity contribution is -0.115. The van der Waals surface area contributed by atoms with Gasteiger partial charge >= 0.3 is 5.97 Å². The molecule has 122 valence electrons. The maximum absolute atomic E-state index is 12.3. The summed E-state index contributed by atoms with van der Waals surface area (Å²) in [6.07, 6.45) is 0.276. The predicted octanol–water partition coefficient (Wildman–Crippen LogP) is 3.95. The predicted molar refractivity (Wildman–Crippen MR) is 93.4 cm³/mol. The highest BCUT2D eigenvalue weighted by Gasteiger charge is 2.21. The summed E-state index contributed by atoms with van der Waals surface area (Å²) in [4.78, 5) is 25.2. The standard InChI is InChI=1S/C18H21NO3S/c1-10-6-7-14(8-11(10)2)9-15(20)19-17-16(18(21)22-5)12(3)13(4)23-17/h6-8H,9H2,1-5H3,(H,19,20). The van der Waals surface area contributed by atoms with E-state index in [0.29, 0.717) is 10.6 Å². The molecule has 2 aromatic rings. The number of carbonyl (C=O) groups excluding carboxylic acids is 2. The van der Waals surface area contributed by atoms with Crippen molar-refractivity contribution in [1.29, 1.82) is 0 Å². The van der Waals surface area contributed by atoms with Crippen LogP contribution in [0.1, 0.15) is 37.5 Å². The first-order valence-electron chi connectivity index (χ1n) is 7.37. The Morgan fingerprint density at radius 3 is 2.43 bits per heavy atom. The van der Waals surface area contributed by atoms with Crippen LogP contribution in [0, 0.1) is 27.7 Å². The zero-order valence-corrected chi connectivity index (χ0v) is 14.9. The van der Waals surface area contributed by atoms with Crippen molar-refractivity contribution in [2.45, 2.75) is 34.1 Å². The van der Waals surface area contributed by atoms with Gasteiger partial charge in [-0.1, -0.05) is 18.2 Å². The second-order valence-electron chi connectivity index (χ2n) is 5.62. The first-order chi connectivity index (χ1) is 10.8. The van der Waals surface area contributed by atoms with Gasteiger partial charge in [-0.15, -0.1) is 11.3 Å². The van der Waals surface area contributed by atoms with Crippen molar-refractivity contribution in [2.75, 3.05) is 12.4 Å². The summed E-state index contributed by atoms with van der Waals surface area (Å²) in [5, 5.41) is 3.40. The Balaban J connectivity index is 2.18. The molecule has 1 aromatic heterocycles. The summed E-state index contributed by atoms with van der Waals surface area (Å²) in [6, 6.07) is 5.98. The van der Waals surface area contributed by atoms with Gasteiger partial charge in [0.2, 0.25) is 5.91 Å². The molecular formula is C18H21NO3S. The number of aryl methyl sites for hydroxylation is 3. The molecule has 1 heterocycles. The number of thiophene rings is 1. The zero-order valence-electron chi connectivity index (χ0n) is 14.1. The largest absolute Gasteiger partial charge is 0.465 e. The number of anilines is 1. The average Bonchev–Trinajstić information content (AvgIpc) is 2.76. The van der Waals surface area contributed by atoms with Crippen LogP contribution in [0.15, 0.2) is 18.2 Å². The number of ether oxygens (including phenoxy) is 1. The summed E-state index contributed by atoms with van der Waals surface area (Å²) in [5.41, 5.74) is 4.61. The molecule has 0 saturated heterocycles. The molecule has 1 N–H and O–H groups in total. The Bertz CT molecular complexity index is 762. The summed E-state index contributed by atoms with van der Waals surface area (Å²) >= 11 is 1.40. The van der Waals surface area contributed by atoms with E-state index in [2.05, 4.69) is 5.32 Å². The van der Waals surface area contributed by atoms with Crippen molar-refractivity contribution >= 4 is 28.2 Å². The lowest BCUT2D eigenvalue weighted by Crippen LogP contribution is -2.16. The summed E-state index contributed by atoms with van der Waals surface area (Å²) in [6.45, 7) is 7.85. The molecule has 2 rings (SSSR count). The van der Waals surface area contributed by atoms with Crippen molar-refractivity contribution in [3.8, 4) is 0 Å².